The van der Waals surface area contributed by atoms with Gasteiger partial charge in [-0.2, -0.15) is 5.26 Å². The third kappa shape index (κ3) is 6.09. The quantitative estimate of drug-likeness (QED) is 0.285. The number of piperazine rings is 1. The lowest BCUT2D eigenvalue weighted by molar-refractivity contribution is -0.144. The maximum absolute atomic E-state index is 13.3. The summed E-state index contributed by atoms with van der Waals surface area (Å²) < 4.78 is 18.8. The normalized spacial score (nSPS) is 14.5. The molecular weight excluding hydrogens is 457 g/mol. The van der Waals surface area contributed by atoms with E-state index in [-0.39, 0.29) is 5.82 Å². The first-order chi connectivity index (χ1) is 17.6. The molecular formula is C28H32FN5O2. The van der Waals surface area contributed by atoms with Gasteiger partial charge in [-0.3, -0.25) is 4.79 Å². The molecule has 36 heavy (non-hydrogen) atoms. The van der Waals surface area contributed by atoms with Crippen LogP contribution >= 0.6 is 0 Å². The average molecular weight is 490 g/mol. The predicted octanol–water partition coefficient (Wildman–Crippen LogP) is 5.22. The van der Waals surface area contributed by atoms with Crippen LogP contribution in [0.4, 0.5) is 15.9 Å². The minimum atomic E-state index is -1.15. The van der Waals surface area contributed by atoms with E-state index in [9.17, 15) is 14.4 Å². The molecule has 1 saturated heterocycles. The Morgan fingerprint density at radius 2 is 1.61 bits per heavy atom. The van der Waals surface area contributed by atoms with E-state index in [1.54, 1.807) is 12.1 Å². The van der Waals surface area contributed by atoms with E-state index in [1.165, 1.54) is 18.6 Å². The zero-order chi connectivity index (χ0) is 25.3. The summed E-state index contributed by atoms with van der Waals surface area (Å²) in [6.45, 7) is 5.10. The molecule has 1 aliphatic heterocycles. The summed E-state index contributed by atoms with van der Waals surface area (Å²) in [5.74, 6) is -1.45. The number of nitrogens with zero attached hydrogens (tertiary/aromatic N) is 5. The molecule has 0 N–H and O–H groups in total. The Morgan fingerprint density at radius 3 is 2.28 bits per heavy atom. The van der Waals surface area contributed by atoms with Crippen molar-refractivity contribution in [3.8, 4) is 6.07 Å². The molecule has 2 heterocycles. The maximum atomic E-state index is 13.3. The molecule has 188 valence electrons. The Labute approximate surface area is 211 Å². The highest BCUT2D eigenvalue weighted by Crippen LogP contribution is 2.29. The Hall–Kier alpha value is -3.73. The molecule has 0 bridgehead atoms. The molecule has 7 nitrogen and oxygen atoms in total. The molecule has 1 atom stereocenters. The van der Waals surface area contributed by atoms with E-state index in [2.05, 4.69) is 22.8 Å². The third-order valence-electron chi connectivity index (χ3n) is 6.48. The first-order valence-electron chi connectivity index (χ1n) is 12.7. The summed E-state index contributed by atoms with van der Waals surface area (Å²) in [5.41, 5.74) is 2.63. The van der Waals surface area contributed by atoms with E-state index in [0.29, 0.717) is 55.3 Å². The van der Waals surface area contributed by atoms with Crippen LogP contribution in [0.5, 0.6) is 0 Å². The van der Waals surface area contributed by atoms with Crippen molar-refractivity contribution in [3.05, 3.63) is 60.0 Å². The molecule has 0 aliphatic carbocycles. The number of fused-ring (bicyclic) bond motifs is 1. The lowest BCUT2D eigenvalue weighted by atomic mass is 10.1. The van der Waals surface area contributed by atoms with Crippen LogP contribution in [0.15, 0.2) is 48.5 Å². The molecule has 1 aromatic heterocycles. The number of anilines is 2. The van der Waals surface area contributed by atoms with Crippen LogP contribution in [0.1, 0.15) is 50.6 Å². The van der Waals surface area contributed by atoms with Crippen LogP contribution in [0, 0.1) is 17.1 Å². The van der Waals surface area contributed by atoms with Gasteiger partial charge in [0.05, 0.1) is 23.7 Å². The van der Waals surface area contributed by atoms with Crippen molar-refractivity contribution in [2.75, 3.05) is 42.6 Å². The molecule has 0 saturated carbocycles. The lowest BCUT2D eigenvalue weighted by Gasteiger charge is -2.37. The number of rotatable bonds is 10. The fourth-order valence-corrected chi connectivity index (χ4v) is 4.45. The van der Waals surface area contributed by atoms with Crippen molar-refractivity contribution in [1.29, 1.82) is 5.26 Å². The summed E-state index contributed by atoms with van der Waals surface area (Å²) in [5, 5.41) is 9.95. The molecule has 8 heteroatoms. The van der Waals surface area contributed by atoms with Gasteiger partial charge in [-0.1, -0.05) is 44.7 Å². The number of para-hydroxylation sites is 2. The zero-order valence-corrected chi connectivity index (χ0v) is 20.7. The van der Waals surface area contributed by atoms with Crippen LogP contribution in [0.3, 0.4) is 0 Å². The van der Waals surface area contributed by atoms with Gasteiger partial charge in [-0.05, 0) is 42.8 Å². The number of aromatic nitrogens is 2. The van der Waals surface area contributed by atoms with Crippen LogP contribution in [-0.2, 0) is 9.53 Å². The molecule has 0 unspecified atom stereocenters. The summed E-state index contributed by atoms with van der Waals surface area (Å²) in [7, 11) is 0. The van der Waals surface area contributed by atoms with E-state index >= 15 is 0 Å². The molecule has 0 radical (unpaired) electrons. The number of nitriles is 1. The van der Waals surface area contributed by atoms with Crippen molar-refractivity contribution in [2.24, 2.45) is 0 Å². The van der Waals surface area contributed by atoms with Gasteiger partial charge < -0.3 is 14.5 Å². The Morgan fingerprint density at radius 1 is 0.972 bits per heavy atom. The third-order valence-corrected chi connectivity index (χ3v) is 6.48. The van der Waals surface area contributed by atoms with Gasteiger partial charge >= 0.3 is 5.97 Å². The second kappa shape index (κ2) is 12.3. The fourth-order valence-electron chi connectivity index (χ4n) is 4.45. The van der Waals surface area contributed by atoms with Gasteiger partial charge in [-0.25, -0.2) is 14.4 Å². The standard InChI is InChI=1S/C28H32FN5O2/c1-2-3-4-5-8-19-36-28(35)23(20-30)26-27(32-25-10-7-6-9-24(25)31-26)34-17-15-33(16-18-34)22-13-11-21(29)12-14-22/h6-7,9-14,23H,2-5,8,15-19H2,1H3/t23-/m1/s1. The SMILES string of the molecule is CCCCCCCOC(=O)[C@H](C#N)c1nc2ccccc2nc1N1CCN(c2ccc(F)cc2)CC1. The van der Waals surface area contributed by atoms with Crippen molar-refractivity contribution >= 4 is 28.5 Å². The van der Waals surface area contributed by atoms with Crippen LogP contribution in [0.2, 0.25) is 0 Å². The molecule has 2 aromatic carbocycles. The molecule has 3 aromatic rings. The molecule has 4 rings (SSSR count). The number of unbranched alkanes of at least 4 members (excludes halogenated alkanes) is 4. The summed E-state index contributed by atoms with van der Waals surface area (Å²) in [6.07, 6.45) is 5.21. The van der Waals surface area contributed by atoms with Gasteiger partial charge in [0.1, 0.15) is 11.5 Å². The highest BCUT2D eigenvalue weighted by molar-refractivity contribution is 5.85. The van der Waals surface area contributed by atoms with Gasteiger partial charge in [0.2, 0.25) is 0 Å². The minimum Gasteiger partial charge on any atom is -0.464 e. The van der Waals surface area contributed by atoms with Crippen molar-refractivity contribution < 1.29 is 13.9 Å². The number of carbonyl (C=O) groups is 1. The number of ether oxygens (including phenoxy) is 1. The highest BCUT2D eigenvalue weighted by Gasteiger charge is 2.31. The summed E-state index contributed by atoms with van der Waals surface area (Å²) in [4.78, 5) is 26.7. The maximum Gasteiger partial charge on any atom is 0.329 e. The molecule has 1 aliphatic rings. The summed E-state index contributed by atoms with van der Waals surface area (Å²) in [6, 6.07) is 16.0. The van der Waals surface area contributed by atoms with E-state index < -0.39 is 11.9 Å². The van der Waals surface area contributed by atoms with Crippen molar-refractivity contribution in [1.82, 2.24) is 9.97 Å². The largest absolute Gasteiger partial charge is 0.464 e. The van der Waals surface area contributed by atoms with Crippen molar-refractivity contribution in [2.45, 2.75) is 44.9 Å². The number of benzene rings is 2. The van der Waals surface area contributed by atoms with E-state index in [1.807, 2.05) is 24.3 Å². The zero-order valence-electron chi connectivity index (χ0n) is 20.7. The van der Waals surface area contributed by atoms with Gasteiger partial charge in [-0.15, -0.1) is 0 Å². The molecule has 0 amide bonds. The van der Waals surface area contributed by atoms with Gasteiger partial charge in [0, 0.05) is 31.9 Å². The Bertz CT molecular complexity index is 1200. The molecule has 0 spiro atoms. The second-order valence-corrected chi connectivity index (χ2v) is 9.02. The van der Waals surface area contributed by atoms with E-state index in [0.717, 1.165) is 31.4 Å². The van der Waals surface area contributed by atoms with Crippen LogP contribution in [0.25, 0.3) is 11.0 Å². The van der Waals surface area contributed by atoms with Crippen molar-refractivity contribution in [3.63, 3.8) is 0 Å². The number of hydrogen-bond donors (Lipinski definition) is 0. The predicted molar refractivity (Wildman–Crippen MR) is 138 cm³/mol. The number of carbonyl (C=O) groups excluding carboxylic acids is 1. The van der Waals surface area contributed by atoms with Gasteiger partial charge in [0.15, 0.2) is 11.7 Å². The van der Waals surface area contributed by atoms with Gasteiger partial charge in [0.25, 0.3) is 0 Å². The average Bonchev–Trinajstić information content (AvgIpc) is 2.91. The smallest absolute Gasteiger partial charge is 0.329 e. The number of halogens is 1. The lowest BCUT2D eigenvalue weighted by Crippen LogP contribution is -2.47. The van der Waals surface area contributed by atoms with Crippen LogP contribution in [-0.4, -0.2) is 48.7 Å². The monoisotopic (exact) mass is 489 g/mol. The Balaban J connectivity index is 1.52. The highest BCUT2D eigenvalue weighted by atomic mass is 19.1. The van der Waals surface area contributed by atoms with E-state index in [4.69, 9.17) is 14.7 Å². The number of esters is 1. The Kier molecular flexibility index (Phi) is 8.66. The minimum absolute atomic E-state index is 0.260. The summed E-state index contributed by atoms with van der Waals surface area (Å²) >= 11 is 0. The topological polar surface area (TPSA) is 82.3 Å². The first kappa shape index (κ1) is 25.4. The molecule has 1 fully saturated rings. The fraction of sp³-hybridized carbons (Fsp3) is 0.429. The first-order valence-corrected chi connectivity index (χ1v) is 12.7. The van der Waals surface area contributed by atoms with Crippen LogP contribution < -0.4 is 9.80 Å². The second-order valence-electron chi connectivity index (χ2n) is 9.02. The number of hydrogen-bond acceptors (Lipinski definition) is 7.